The van der Waals surface area contributed by atoms with Gasteiger partial charge < -0.3 is 10.2 Å². The van der Waals surface area contributed by atoms with Gasteiger partial charge in [0.1, 0.15) is 6.04 Å². The number of nitrogens with one attached hydrogen (secondary N) is 2. The molecule has 0 bridgehead atoms. The Labute approximate surface area is 94.4 Å². The van der Waals surface area contributed by atoms with E-state index in [9.17, 15) is 14.4 Å². The van der Waals surface area contributed by atoms with Crippen LogP contribution in [0.4, 0.5) is 4.79 Å². The fraction of sp³-hybridized carbons (Fsp3) is 0.700. The van der Waals surface area contributed by atoms with Crippen molar-refractivity contribution in [1.82, 2.24) is 15.5 Å². The molecule has 1 aliphatic rings. The highest BCUT2D eigenvalue weighted by Gasteiger charge is 2.35. The molecule has 1 unspecified atom stereocenters. The van der Waals surface area contributed by atoms with E-state index in [0.717, 1.165) is 0 Å². The third-order valence-corrected chi connectivity index (χ3v) is 2.55. The smallest absolute Gasteiger partial charge is 0.318 e. The Morgan fingerprint density at radius 3 is 2.56 bits per heavy atom. The maximum atomic E-state index is 11.6. The largest absolute Gasteiger partial charge is 0.341 e. The van der Waals surface area contributed by atoms with Crippen LogP contribution in [0.25, 0.3) is 0 Å². The van der Waals surface area contributed by atoms with E-state index in [4.69, 9.17) is 0 Å². The second-order valence-corrected chi connectivity index (χ2v) is 4.02. The van der Waals surface area contributed by atoms with Crippen LogP contribution in [0.3, 0.4) is 0 Å². The molecule has 6 heteroatoms. The second kappa shape index (κ2) is 4.96. The van der Waals surface area contributed by atoms with Gasteiger partial charge in [0.05, 0.1) is 0 Å². The van der Waals surface area contributed by atoms with Crippen molar-refractivity contribution in [2.24, 2.45) is 0 Å². The van der Waals surface area contributed by atoms with Crippen LogP contribution in [-0.4, -0.2) is 41.9 Å². The van der Waals surface area contributed by atoms with Crippen LogP contribution in [0, 0.1) is 0 Å². The Bertz CT molecular complexity index is 314. The van der Waals surface area contributed by atoms with E-state index in [1.54, 1.807) is 0 Å². The quantitative estimate of drug-likeness (QED) is 0.643. The van der Waals surface area contributed by atoms with Crippen LogP contribution in [0.1, 0.15) is 26.7 Å². The van der Waals surface area contributed by atoms with Gasteiger partial charge >= 0.3 is 6.03 Å². The Hall–Kier alpha value is -1.59. The molecule has 0 saturated carbocycles. The average molecular weight is 227 g/mol. The van der Waals surface area contributed by atoms with E-state index in [-0.39, 0.29) is 24.4 Å². The summed E-state index contributed by atoms with van der Waals surface area (Å²) in [7, 11) is 1.52. The lowest BCUT2D eigenvalue weighted by atomic mass is 10.0. The van der Waals surface area contributed by atoms with Crippen molar-refractivity contribution in [1.29, 1.82) is 0 Å². The van der Waals surface area contributed by atoms with E-state index >= 15 is 0 Å². The van der Waals surface area contributed by atoms with Crippen molar-refractivity contribution in [2.75, 3.05) is 7.05 Å². The zero-order chi connectivity index (χ0) is 12.3. The molecule has 0 aliphatic carbocycles. The molecular weight excluding hydrogens is 210 g/mol. The Kier molecular flexibility index (Phi) is 3.87. The zero-order valence-electron chi connectivity index (χ0n) is 9.74. The number of rotatable bonds is 2. The molecule has 4 amide bonds. The summed E-state index contributed by atoms with van der Waals surface area (Å²) in [5, 5.41) is 4.74. The molecule has 1 rings (SSSR count). The molecule has 1 saturated heterocycles. The lowest BCUT2D eigenvalue weighted by molar-refractivity contribution is -0.137. The molecule has 2 N–H and O–H groups in total. The molecule has 6 nitrogen and oxygen atoms in total. The topological polar surface area (TPSA) is 78.5 Å². The lowest BCUT2D eigenvalue weighted by Crippen LogP contribution is -2.58. The Balaban J connectivity index is 2.82. The summed E-state index contributed by atoms with van der Waals surface area (Å²) in [5.74, 6) is -0.671. The molecular formula is C10H17N3O3. The molecule has 0 radical (unpaired) electrons. The number of hydrogen-bond donors (Lipinski definition) is 2. The first-order valence-corrected chi connectivity index (χ1v) is 5.31. The molecule has 1 heterocycles. The van der Waals surface area contributed by atoms with Crippen molar-refractivity contribution in [3.63, 3.8) is 0 Å². The van der Waals surface area contributed by atoms with Gasteiger partial charge in [0, 0.05) is 19.5 Å². The third kappa shape index (κ3) is 2.50. The van der Waals surface area contributed by atoms with Crippen LogP contribution < -0.4 is 10.6 Å². The molecule has 0 aromatic carbocycles. The molecule has 1 aliphatic heterocycles. The zero-order valence-corrected chi connectivity index (χ0v) is 9.74. The first-order chi connectivity index (χ1) is 7.47. The standard InChI is InChI=1S/C10H17N3O3/c1-6(2)13(10(16)11-3)7-4-5-8(14)12-9(7)15/h6-7H,4-5H2,1-3H3,(H,11,16)(H,12,14,15). The summed E-state index contributed by atoms with van der Waals surface area (Å²) in [5.41, 5.74) is 0. The van der Waals surface area contributed by atoms with Crippen LogP contribution in [0.2, 0.25) is 0 Å². The molecule has 0 aromatic rings. The maximum Gasteiger partial charge on any atom is 0.318 e. The van der Waals surface area contributed by atoms with Gasteiger partial charge in [0.25, 0.3) is 0 Å². The fourth-order valence-corrected chi connectivity index (χ4v) is 1.81. The summed E-state index contributed by atoms with van der Waals surface area (Å²) in [6.07, 6.45) is 0.660. The van der Waals surface area contributed by atoms with Crippen LogP contribution >= 0.6 is 0 Å². The summed E-state index contributed by atoms with van der Waals surface area (Å²) in [6, 6.07) is -0.953. The summed E-state index contributed by atoms with van der Waals surface area (Å²) in [6.45, 7) is 3.66. The third-order valence-electron chi connectivity index (χ3n) is 2.55. The molecule has 0 spiro atoms. The minimum absolute atomic E-state index is 0.0936. The highest BCUT2D eigenvalue weighted by molar-refractivity contribution is 6.01. The highest BCUT2D eigenvalue weighted by Crippen LogP contribution is 2.15. The molecule has 1 atom stereocenters. The van der Waals surface area contributed by atoms with E-state index in [0.29, 0.717) is 6.42 Å². The van der Waals surface area contributed by atoms with Crippen molar-refractivity contribution in [3.8, 4) is 0 Å². The molecule has 16 heavy (non-hydrogen) atoms. The Morgan fingerprint density at radius 2 is 2.12 bits per heavy atom. The highest BCUT2D eigenvalue weighted by atomic mass is 16.2. The number of hydrogen-bond acceptors (Lipinski definition) is 3. The predicted molar refractivity (Wildman–Crippen MR) is 57.6 cm³/mol. The van der Waals surface area contributed by atoms with Gasteiger partial charge in [-0.05, 0) is 20.3 Å². The fourth-order valence-electron chi connectivity index (χ4n) is 1.81. The number of piperidine rings is 1. The van der Waals surface area contributed by atoms with Crippen molar-refractivity contribution < 1.29 is 14.4 Å². The lowest BCUT2D eigenvalue weighted by Gasteiger charge is -2.35. The van der Waals surface area contributed by atoms with E-state index in [1.165, 1.54) is 11.9 Å². The SMILES string of the molecule is CNC(=O)N(C(C)C)C1CCC(=O)NC1=O. The number of carbonyl (C=O) groups excluding carboxylic acids is 3. The minimum Gasteiger partial charge on any atom is -0.341 e. The summed E-state index contributed by atoms with van der Waals surface area (Å²) in [4.78, 5) is 35.7. The van der Waals surface area contributed by atoms with Crippen molar-refractivity contribution in [3.05, 3.63) is 0 Å². The van der Waals surface area contributed by atoms with Gasteiger partial charge in [-0.1, -0.05) is 0 Å². The van der Waals surface area contributed by atoms with Gasteiger partial charge in [0.15, 0.2) is 0 Å². The van der Waals surface area contributed by atoms with Crippen LogP contribution in [0.5, 0.6) is 0 Å². The van der Waals surface area contributed by atoms with Gasteiger partial charge in [-0.2, -0.15) is 0 Å². The van der Waals surface area contributed by atoms with E-state index < -0.39 is 11.9 Å². The number of nitrogens with zero attached hydrogens (tertiary/aromatic N) is 1. The maximum absolute atomic E-state index is 11.6. The first-order valence-electron chi connectivity index (χ1n) is 5.31. The van der Waals surface area contributed by atoms with Crippen molar-refractivity contribution in [2.45, 2.75) is 38.8 Å². The van der Waals surface area contributed by atoms with Gasteiger partial charge in [-0.3, -0.25) is 14.9 Å². The first kappa shape index (κ1) is 12.5. The van der Waals surface area contributed by atoms with E-state index in [1.807, 2.05) is 13.8 Å². The normalized spacial score (nSPS) is 20.6. The predicted octanol–water partition coefficient (Wildman–Crippen LogP) is -0.159. The Morgan fingerprint density at radius 1 is 1.50 bits per heavy atom. The van der Waals surface area contributed by atoms with Crippen molar-refractivity contribution >= 4 is 17.8 Å². The number of urea groups is 1. The van der Waals surface area contributed by atoms with Crippen LogP contribution in [0.15, 0.2) is 0 Å². The number of carbonyl (C=O) groups is 3. The van der Waals surface area contributed by atoms with Gasteiger partial charge in [-0.15, -0.1) is 0 Å². The summed E-state index contributed by atoms with van der Waals surface area (Å²) < 4.78 is 0. The summed E-state index contributed by atoms with van der Waals surface area (Å²) >= 11 is 0. The average Bonchev–Trinajstić information content (AvgIpc) is 2.21. The second-order valence-electron chi connectivity index (χ2n) is 4.02. The van der Waals surface area contributed by atoms with Gasteiger partial charge in [-0.25, -0.2) is 4.79 Å². The molecule has 1 fully saturated rings. The molecule has 90 valence electrons. The van der Waals surface area contributed by atoms with Crippen LogP contribution in [-0.2, 0) is 9.59 Å². The monoisotopic (exact) mass is 227 g/mol. The van der Waals surface area contributed by atoms with E-state index in [2.05, 4.69) is 10.6 Å². The number of amides is 4. The van der Waals surface area contributed by atoms with Gasteiger partial charge in [0.2, 0.25) is 11.8 Å². The minimum atomic E-state index is -0.558. The molecule has 0 aromatic heterocycles. The number of imide groups is 1.